The Labute approximate surface area is 98.4 Å². The molecule has 1 rings (SSSR count). The van der Waals surface area contributed by atoms with E-state index in [1.807, 2.05) is 0 Å². The van der Waals surface area contributed by atoms with Crippen LogP contribution in [0.2, 0.25) is 0 Å². The molecule has 0 unspecified atom stereocenters. The van der Waals surface area contributed by atoms with Crippen LogP contribution in [-0.2, 0) is 4.79 Å². The maximum Gasteiger partial charge on any atom is 0.242 e. The highest BCUT2D eigenvalue weighted by molar-refractivity contribution is 7.80. The molecule has 7 heteroatoms. The van der Waals surface area contributed by atoms with Crippen molar-refractivity contribution in [3.05, 3.63) is 17.8 Å². The molecule has 1 aromatic rings. The number of anilines is 1. The molecular formula is C9H13N5OS. The summed E-state index contributed by atoms with van der Waals surface area (Å²) < 4.78 is 0. The number of thiocarbonyl (C=S) groups is 1. The van der Waals surface area contributed by atoms with Crippen molar-refractivity contribution in [3.8, 4) is 0 Å². The van der Waals surface area contributed by atoms with Crippen LogP contribution in [0.1, 0.15) is 19.4 Å². The predicted molar refractivity (Wildman–Crippen MR) is 64.8 cm³/mol. The van der Waals surface area contributed by atoms with Gasteiger partial charge in [-0.1, -0.05) is 12.2 Å². The van der Waals surface area contributed by atoms with Crippen molar-refractivity contribution in [2.45, 2.75) is 19.4 Å². The first-order chi connectivity index (χ1) is 7.34. The first kappa shape index (κ1) is 12.3. The molecule has 0 spiro atoms. The first-order valence-corrected chi connectivity index (χ1v) is 4.95. The first-order valence-electron chi connectivity index (χ1n) is 4.54. The standard InChI is InChI=1S/C9H13N5OS/c1-9(2,8(11)15)13-7-5(6(10)16)3-4-12-14-7/h3-4H,1-2H3,(H2,10,16)(H2,11,15)(H,13,14). The Morgan fingerprint density at radius 1 is 1.50 bits per heavy atom. The number of amides is 1. The SMILES string of the molecule is CC(C)(Nc1nnccc1C(N)=S)C(N)=O. The normalized spacial score (nSPS) is 10.9. The molecule has 0 aliphatic heterocycles. The van der Waals surface area contributed by atoms with Gasteiger partial charge in [-0.05, 0) is 19.9 Å². The molecule has 0 aromatic carbocycles. The molecule has 0 atom stereocenters. The van der Waals surface area contributed by atoms with Gasteiger partial charge in [0.05, 0.1) is 11.8 Å². The van der Waals surface area contributed by atoms with E-state index in [0.29, 0.717) is 11.4 Å². The second kappa shape index (κ2) is 4.40. The van der Waals surface area contributed by atoms with Gasteiger partial charge in [0.25, 0.3) is 0 Å². The Morgan fingerprint density at radius 2 is 2.12 bits per heavy atom. The number of carbonyl (C=O) groups excluding carboxylic acids is 1. The minimum absolute atomic E-state index is 0.178. The van der Waals surface area contributed by atoms with E-state index in [-0.39, 0.29) is 4.99 Å². The summed E-state index contributed by atoms with van der Waals surface area (Å²) in [6.07, 6.45) is 1.47. The van der Waals surface area contributed by atoms with Crippen LogP contribution in [0.3, 0.4) is 0 Å². The van der Waals surface area contributed by atoms with Gasteiger partial charge < -0.3 is 16.8 Å². The Balaban J connectivity index is 3.06. The summed E-state index contributed by atoms with van der Waals surface area (Å²) in [4.78, 5) is 11.3. The fourth-order valence-corrected chi connectivity index (χ4v) is 1.15. The monoisotopic (exact) mass is 239 g/mol. The lowest BCUT2D eigenvalue weighted by Crippen LogP contribution is -2.45. The summed E-state index contributed by atoms with van der Waals surface area (Å²) in [5, 5.41) is 10.4. The largest absolute Gasteiger partial charge is 0.389 e. The van der Waals surface area contributed by atoms with E-state index < -0.39 is 11.4 Å². The van der Waals surface area contributed by atoms with Crippen molar-refractivity contribution in [1.82, 2.24) is 10.2 Å². The van der Waals surface area contributed by atoms with Gasteiger partial charge in [0, 0.05) is 0 Å². The van der Waals surface area contributed by atoms with Crippen molar-refractivity contribution in [2.24, 2.45) is 11.5 Å². The Morgan fingerprint density at radius 3 is 2.62 bits per heavy atom. The van der Waals surface area contributed by atoms with Crippen LogP contribution in [0.25, 0.3) is 0 Å². The third-order valence-corrected chi connectivity index (χ3v) is 2.25. The van der Waals surface area contributed by atoms with Gasteiger partial charge in [0.1, 0.15) is 10.5 Å². The maximum atomic E-state index is 11.2. The van der Waals surface area contributed by atoms with E-state index in [0.717, 1.165) is 0 Å². The van der Waals surface area contributed by atoms with Gasteiger partial charge in [0.2, 0.25) is 5.91 Å². The van der Waals surface area contributed by atoms with Gasteiger partial charge >= 0.3 is 0 Å². The van der Waals surface area contributed by atoms with Gasteiger partial charge in [0.15, 0.2) is 5.82 Å². The minimum Gasteiger partial charge on any atom is -0.389 e. The topological polar surface area (TPSA) is 107 Å². The summed E-state index contributed by atoms with van der Waals surface area (Å²) >= 11 is 4.86. The second-order valence-electron chi connectivity index (χ2n) is 3.77. The predicted octanol–water partition coefficient (Wildman–Crippen LogP) is -0.213. The van der Waals surface area contributed by atoms with E-state index in [4.69, 9.17) is 23.7 Å². The van der Waals surface area contributed by atoms with Crippen molar-refractivity contribution >= 4 is 28.9 Å². The highest BCUT2D eigenvalue weighted by Gasteiger charge is 2.26. The third-order valence-electron chi connectivity index (χ3n) is 2.03. The average Bonchev–Trinajstić information content (AvgIpc) is 2.17. The summed E-state index contributed by atoms with van der Waals surface area (Å²) in [6.45, 7) is 3.26. The number of hydrogen-bond acceptors (Lipinski definition) is 5. The third kappa shape index (κ3) is 2.63. The number of carbonyl (C=O) groups is 1. The highest BCUT2D eigenvalue weighted by Crippen LogP contribution is 2.16. The molecule has 1 aromatic heterocycles. The lowest BCUT2D eigenvalue weighted by molar-refractivity contribution is -0.121. The summed E-state index contributed by atoms with van der Waals surface area (Å²) in [5.74, 6) is -0.161. The second-order valence-corrected chi connectivity index (χ2v) is 4.21. The molecule has 86 valence electrons. The number of primary amides is 1. The van der Waals surface area contributed by atoms with Crippen LogP contribution < -0.4 is 16.8 Å². The van der Waals surface area contributed by atoms with Crippen LogP contribution in [0.5, 0.6) is 0 Å². The van der Waals surface area contributed by atoms with Gasteiger partial charge in [-0.25, -0.2) is 0 Å². The quantitative estimate of drug-likeness (QED) is 0.627. The average molecular weight is 239 g/mol. The van der Waals surface area contributed by atoms with E-state index in [1.54, 1.807) is 19.9 Å². The molecule has 0 bridgehead atoms. The molecule has 5 N–H and O–H groups in total. The molecular weight excluding hydrogens is 226 g/mol. The number of nitrogens with zero attached hydrogens (tertiary/aromatic N) is 2. The van der Waals surface area contributed by atoms with Gasteiger partial charge in [-0.3, -0.25) is 4.79 Å². The fraction of sp³-hybridized carbons (Fsp3) is 0.333. The lowest BCUT2D eigenvalue weighted by atomic mass is 10.0. The molecule has 16 heavy (non-hydrogen) atoms. The molecule has 0 saturated carbocycles. The van der Waals surface area contributed by atoms with Crippen LogP contribution in [0, 0.1) is 0 Å². The van der Waals surface area contributed by atoms with Crippen molar-refractivity contribution in [1.29, 1.82) is 0 Å². The Hall–Kier alpha value is -1.76. The summed E-state index contributed by atoms with van der Waals surface area (Å²) in [7, 11) is 0. The van der Waals surface area contributed by atoms with E-state index in [2.05, 4.69) is 15.5 Å². The number of rotatable bonds is 4. The molecule has 1 amide bonds. The minimum atomic E-state index is -0.949. The smallest absolute Gasteiger partial charge is 0.242 e. The van der Waals surface area contributed by atoms with Crippen LogP contribution in [0.4, 0.5) is 5.82 Å². The summed E-state index contributed by atoms with van der Waals surface area (Å²) in [5.41, 5.74) is 10.3. The van der Waals surface area contributed by atoms with Crippen molar-refractivity contribution in [3.63, 3.8) is 0 Å². The van der Waals surface area contributed by atoms with Gasteiger partial charge in [-0.2, -0.15) is 5.10 Å². The van der Waals surface area contributed by atoms with Crippen molar-refractivity contribution in [2.75, 3.05) is 5.32 Å². The number of nitrogens with two attached hydrogens (primary N) is 2. The van der Waals surface area contributed by atoms with Crippen LogP contribution in [-0.4, -0.2) is 26.6 Å². The molecule has 0 fully saturated rings. The number of nitrogens with one attached hydrogen (secondary N) is 1. The van der Waals surface area contributed by atoms with Crippen molar-refractivity contribution < 1.29 is 4.79 Å². The molecule has 0 aliphatic carbocycles. The maximum absolute atomic E-state index is 11.2. The molecule has 0 saturated heterocycles. The van der Waals surface area contributed by atoms with Crippen LogP contribution in [0.15, 0.2) is 12.3 Å². The Kier molecular flexibility index (Phi) is 3.38. The highest BCUT2D eigenvalue weighted by atomic mass is 32.1. The van der Waals surface area contributed by atoms with E-state index in [1.165, 1.54) is 6.20 Å². The molecule has 1 heterocycles. The lowest BCUT2D eigenvalue weighted by Gasteiger charge is -2.23. The molecule has 0 radical (unpaired) electrons. The van der Waals surface area contributed by atoms with Crippen LogP contribution >= 0.6 is 12.2 Å². The molecule has 0 aliphatic rings. The number of hydrogen-bond donors (Lipinski definition) is 3. The molecule has 6 nitrogen and oxygen atoms in total. The zero-order valence-electron chi connectivity index (χ0n) is 9.02. The number of aromatic nitrogens is 2. The summed E-state index contributed by atoms with van der Waals surface area (Å²) in [6, 6.07) is 1.62. The van der Waals surface area contributed by atoms with E-state index in [9.17, 15) is 4.79 Å². The Bertz CT molecular complexity index is 432. The zero-order chi connectivity index (χ0) is 12.3. The zero-order valence-corrected chi connectivity index (χ0v) is 9.84. The van der Waals surface area contributed by atoms with E-state index >= 15 is 0 Å². The van der Waals surface area contributed by atoms with Gasteiger partial charge in [-0.15, -0.1) is 5.10 Å². The fourth-order valence-electron chi connectivity index (χ4n) is 0.981.